The number of ether oxygens (including phenoxy) is 3. The average Bonchev–Trinajstić information content (AvgIpc) is 3.02. The molecule has 1 atom stereocenters. The molecule has 2 aromatic rings. The van der Waals surface area contributed by atoms with E-state index in [0.29, 0.717) is 0 Å². The van der Waals surface area contributed by atoms with Crippen LogP contribution in [0.25, 0.3) is 0 Å². The molecule has 0 aliphatic carbocycles. The summed E-state index contributed by atoms with van der Waals surface area (Å²) in [5.41, 5.74) is -0.157. The van der Waals surface area contributed by atoms with Gasteiger partial charge in [0.1, 0.15) is 12.2 Å². The number of oxime groups is 1. The van der Waals surface area contributed by atoms with Crippen molar-refractivity contribution in [1.29, 1.82) is 0 Å². The van der Waals surface area contributed by atoms with E-state index in [1.807, 2.05) is 4.72 Å². The summed E-state index contributed by atoms with van der Waals surface area (Å²) in [4.78, 5) is 25.2. The second kappa shape index (κ2) is 8.81. The highest BCUT2D eigenvalue weighted by atomic mass is 35.5. The molecule has 31 heavy (non-hydrogen) atoms. The topological polar surface area (TPSA) is 168 Å². The van der Waals surface area contributed by atoms with Crippen LogP contribution in [0.1, 0.15) is 12.5 Å². The van der Waals surface area contributed by atoms with Gasteiger partial charge in [-0.15, -0.1) is 0 Å². The lowest BCUT2D eigenvalue weighted by atomic mass is 10.3. The zero-order valence-corrected chi connectivity index (χ0v) is 18.3. The second-order valence-corrected chi connectivity index (χ2v) is 8.01. The smallest absolute Gasteiger partial charge is 0.335 e. The standard InChI is InChI=1S/C15H18ClN7O7S/c1-7-6-29-12(21-30-7)10-11(16)20-23(2)13(10)31(25,26)22-15(24)19-14-17-8(27-3)5-9(18-14)28-4/h5,7H,6H2,1-4H3,(H2,17,18,19,22,24). The Morgan fingerprint density at radius 1 is 1.29 bits per heavy atom. The largest absolute Gasteiger partial charge is 0.481 e. The van der Waals surface area contributed by atoms with Crippen molar-refractivity contribution in [2.45, 2.75) is 18.1 Å². The normalized spacial score (nSPS) is 15.9. The SMILES string of the molecule is COc1cc(OC)nc(NC(=O)NS(=O)(=O)c2c(C3=NOC(C)CO3)c(Cl)nn2C)n1. The van der Waals surface area contributed by atoms with E-state index in [1.54, 1.807) is 6.92 Å². The molecule has 168 valence electrons. The van der Waals surface area contributed by atoms with Crippen LogP contribution in [0.2, 0.25) is 5.15 Å². The fourth-order valence-electron chi connectivity index (χ4n) is 2.44. The molecular formula is C15H18ClN7O7S. The Bertz CT molecular complexity index is 1110. The lowest BCUT2D eigenvalue weighted by molar-refractivity contribution is 0.00139. The molecular weight excluding hydrogens is 458 g/mol. The maximum absolute atomic E-state index is 12.9. The van der Waals surface area contributed by atoms with Crippen molar-refractivity contribution in [1.82, 2.24) is 24.5 Å². The number of aromatic nitrogens is 4. The number of nitrogens with one attached hydrogen (secondary N) is 2. The summed E-state index contributed by atoms with van der Waals surface area (Å²) in [7, 11) is -0.468. The molecule has 0 radical (unpaired) electrons. The lowest BCUT2D eigenvalue weighted by Crippen LogP contribution is -2.37. The van der Waals surface area contributed by atoms with Crippen LogP contribution in [-0.4, -0.2) is 67.0 Å². The van der Waals surface area contributed by atoms with Crippen LogP contribution in [0.15, 0.2) is 16.2 Å². The first-order valence-corrected chi connectivity index (χ1v) is 10.4. The lowest BCUT2D eigenvalue weighted by Gasteiger charge is -2.19. The van der Waals surface area contributed by atoms with Gasteiger partial charge in [-0.2, -0.15) is 23.5 Å². The van der Waals surface area contributed by atoms with Gasteiger partial charge in [-0.25, -0.2) is 9.52 Å². The molecule has 0 bridgehead atoms. The number of carbonyl (C=O) groups excluding carboxylic acids is 1. The maximum atomic E-state index is 12.9. The minimum absolute atomic E-state index is 0.0902. The number of amides is 2. The number of sulfonamides is 1. The van der Waals surface area contributed by atoms with Crippen molar-refractivity contribution in [2.75, 3.05) is 26.1 Å². The zero-order valence-electron chi connectivity index (χ0n) is 16.7. The number of urea groups is 1. The van der Waals surface area contributed by atoms with Gasteiger partial charge >= 0.3 is 6.03 Å². The molecule has 0 fully saturated rings. The van der Waals surface area contributed by atoms with Crippen molar-refractivity contribution < 1.29 is 32.3 Å². The summed E-state index contributed by atoms with van der Waals surface area (Å²) < 4.78 is 44.0. The van der Waals surface area contributed by atoms with Gasteiger partial charge in [-0.05, 0) is 12.1 Å². The second-order valence-electron chi connectivity index (χ2n) is 6.05. The van der Waals surface area contributed by atoms with E-state index >= 15 is 0 Å². The van der Waals surface area contributed by atoms with Gasteiger partial charge in [-0.3, -0.25) is 10.00 Å². The van der Waals surface area contributed by atoms with Gasteiger partial charge in [0.2, 0.25) is 17.7 Å². The number of methoxy groups -OCH3 is 2. The monoisotopic (exact) mass is 475 g/mol. The van der Waals surface area contributed by atoms with Gasteiger partial charge in [0.05, 0.1) is 20.3 Å². The summed E-state index contributed by atoms with van der Waals surface area (Å²) in [6, 6.07) is 0.215. The number of anilines is 1. The molecule has 16 heteroatoms. The van der Waals surface area contributed by atoms with Crippen molar-refractivity contribution >= 4 is 39.5 Å². The number of nitrogens with zero attached hydrogens (tertiary/aromatic N) is 5. The number of aryl methyl sites for hydroxylation is 1. The molecule has 3 heterocycles. The Labute approximate surface area is 181 Å². The summed E-state index contributed by atoms with van der Waals surface area (Å²) >= 11 is 6.07. The van der Waals surface area contributed by atoms with Crippen LogP contribution in [0.4, 0.5) is 10.7 Å². The Kier molecular flexibility index (Phi) is 6.35. The van der Waals surface area contributed by atoms with E-state index in [4.69, 9.17) is 30.6 Å². The van der Waals surface area contributed by atoms with Crippen LogP contribution in [0.5, 0.6) is 11.8 Å². The molecule has 2 aromatic heterocycles. The zero-order chi connectivity index (χ0) is 22.8. The Balaban J connectivity index is 1.87. The van der Waals surface area contributed by atoms with Crippen molar-refractivity contribution in [3.63, 3.8) is 0 Å². The molecule has 0 saturated heterocycles. The molecule has 2 N–H and O–H groups in total. The predicted molar refractivity (Wildman–Crippen MR) is 106 cm³/mol. The fraction of sp³-hybridized carbons (Fsp3) is 0.400. The molecule has 0 aromatic carbocycles. The summed E-state index contributed by atoms with van der Waals surface area (Å²) in [6.07, 6.45) is -0.331. The summed E-state index contributed by atoms with van der Waals surface area (Å²) in [6.45, 7) is 1.83. The van der Waals surface area contributed by atoms with E-state index in [0.717, 1.165) is 4.68 Å². The van der Waals surface area contributed by atoms with Gasteiger partial charge in [0.15, 0.2) is 16.3 Å². The molecule has 0 saturated carbocycles. The Morgan fingerprint density at radius 3 is 2.48 bits per heavy atom. The highest BCUT2D eigenvalue weighted by Crippen LogP contribution is 2.26. The molecule has 1 aliphatic rings. The van der Waals surface area contributed by atoms with Gasteiger partial charge in [-0.1, -0.05) is 11.6 Å². The molecule has 3 rings (SSSR count). The molecule has 1 aliphatic heterocycles. The number of hydrogen-bond acceptors (Lipinski definition) is 11. The van der Waals surface area contributed by atoms with Crippen LogP contribution >= 0.6 is 11.6 Å². The highest BCUT2D eigenvalue weighted by Gasteiger charge is 2.34. The van der Waals surface area contributed by atoms with Crippen LogP contribution in [0, 0.1) is 0 Å². The molecule has 14 nitrogen and oxygen atoms in total. The summed E-state index contributed by atoms with van der Waals surface area (Å²) in [5.74, 6) is -0.257. The highest BCUT2D eigenvalue weighted by molar-refractivity contribution is 7.90. The minimum atomic E-state index is -4.49. The van der Waals surface area contributed by atoms with E-state index in [9.17, 15) is 13.2 Å². The van der Waals surface area contributed by atoms with Crippen molar-refractivity contribution in [3.8, 4) is 11.8 Å². The molecule has 2 amide bonds. The maximum Gasteiger partial charge on any atom is 0.335 e. The third kappa shape index (κ3) is 4.88. The first-order valence-electron chi connectivity index (χ1n) is 8.55. The van der Waals surface area contributed by atoms with Crippen LogP contribution in [0.3, 0.4) is 0 Å². The average molecular weight is 476 g/mol. The van der Waals surface area contributed by atoms with Gasteiger partial charge in [0.25, 0.3) is 15.9 Å². The first kappa shape index (κ1) is 22.4. The van der Waals surface area contributed by atoms with E-state index in [-0.39, 0.29) is 47.0 Å². The number of carbonyl (C=O) groups is 1. The van der Waals surface area contributed by atoms with Gasteiger partial charge < -0.3 is 19.0 Å². The van der Waals surface area contributed by atoms with Crippen LogP contribution in [-0.2, 0) is 26.6 Å². The Morgan fingerprint density at radius 2 is 1.94 bits per heavy atom. The third-order valence-electron chi connectivity index (χ3n) is 3.74. The van der Waals surface area contributed by atoms with Crippen molar-refractivity contribution in [2.24, 2.45) is 12.2 Å². The van der Waals surface area contributed by atoms with E-state index in [1.165, 1.54) is 27.3 Å². The Hall–Kier alpha value is -3.33. The summed E-state index contributed by atoms with van der Waals surface area (Å²) in [5, 5.41) is 9.11. The number of rotatable bonds is 6. The molecule has 1 unspecified atom stereocenters. The minimum Gasteiger partial charge on any atom is -0.481 e. The van der Waals surface area contributed by atoms with Crippen molar-refractivity contribution in [3.05, 3.63) is 16.8 Å². The van der Waals surface area contributed by atoms with E-state index < -0.39 is 21.1 Å². The van der Waals surface area contributed by atoms with E-state index in [2.05, 4.69) is 25.5 Å². The first-order chi connectivity index (χ1) is 14.6. The fourth-order valence-corrected chi connectivity index (χ4v) is 4.01. The predicted octanol–water partition coefficient (Wildman–Crippen LogP) is 0.488. The number of halogens is 1. The quantitative estimate of drug-likeness (QED) is 0.599. The third-order valence-corrected chi connectivity index (χ3v) is 5.44. The molecule has 0 spiro atoms. The van der Waals surface area contributed by atoms with Gasteiger partial charge in [0, 0.05) is 7.05 Å². The number of hydrogen-bond donors (Lipinski definition) is 2. The van der Waals surface area contributed by atoms with Crippen LogP contribution < -0.4 is 19.5 Å².